The SMILES string of the molecule is CCCPC=O. The molecule has 0 aliphatic carbocycles. The summed E-state index contributed by atoms with van der Waals surface area (Å²) in [5.41, 5.74) is 0. The maximum atomic E-state index is 9.58. The van der Waals surface area contributed by atoms with Gasteiger partial charge in [0.15, 0.2) is 0 Å². The van der Waals surface area contributed by atoms with Crippen molar-refractivity contribution in [2.24, 2.45) is 0 Å². The highest BCUT2D eigenvalue weighted by Crippen LogP contribution is 2.02. The zero-order chi connectivity index (χ0) is 4.83. The van der Waals surface area contributed by atoms with E-state index in [2.05, 4.69) is 6.92 Å². The number of hydrogen-bond donors (Lipinski definition) is 0. The van der Waals surface area contributed by atoms with Crippen LogP contribution in [0.4, 0.5) is 0 Å². The van der Waals surface area contributed by atoms with E-state index in [1.165, 1.54) is 0 Å². The van der Waals surface area contributed by atoms with Gasteiger partial charge in [-0.1, -0.05) is 21.9 Å². The van der Waals surface area contributed by atoms with Crippen molar-refractivity contribution in [1.29, 1.82) is 0 Å². The van der Waals surface area contributed by atoms with Gasteiger partial charge in [0.1, 0.15) is 6.03 Å². The van der Waals surface area contributed by atoms with Crippen LogP contribution in [0.25, 0.3) is 0 Å². The van der Waals surface area contributed by atoms with Crippen LogP contribution in [0, 0.1) is 0 Å². The van der Waals surface area contributed by atoms with Crippen molar-refractivity contribution < 1.29 is 4.79 Å². The van der Waals surface area contributed by atoms with Crippen LogP contribution >= 0.6 is 8.58 Å². The molecular formula is C4H9OP. The van der Waals surface area contributed by atoms with Crippen molar-refractivity contribution in [3.05, 3.63) is 0 Å². The molecule has 0 heterocycles. The first-order valence-electron chi connectivity index (χ1n) is 2.09. The molecule has 0 aliphatic rings. The molecule has 0 aromatic rings. The van der Waals surface area contributed by atoms with Gasteiger partial charge in [0, 0.05) is 0 Å². The molecule has 0 saturated heterocycles. The molecule has 0 bridgehead atoms. The average Bonchev–Trinajstić information content (AvgIpc) is 1.61. The highest BCUT2D eigenvalue weighted by atomic mass is 31.1. The molecule has 0 N–H and O–H groups in total. The fraction of sp³-hybridized carbons (Fsp3) is 0.750. The summed E-state index contributed by atoms with van der Waals surface area (Å²) in [5, 5.41) is 0. The number of carbonyl (C=O) groups excluding carboxylic acids is 1. The van der Waals surface area contributed by atoms with Gasteiger partial charge in [0.05, 0.1) is 0 Å². The molecule has 36 valence electrons. The fourth-order valence-corrected chi connectivity index (χ4v) is 0.610. The molecule has 0 spiro atoms. The molecule has 2 heteroatoms. The highest BCUT2D eigenvalue weighted by molar-refractivity contribution is 7.54. The van der Waals surface area contributed by atoms with E-state index in [1.807, 2.05) is 0 Å². The third-order valence-electron chi connectivity index (χ3n) is 0.478. The molecule has 0 radical (unpaired) electrons. The second-order valence-corrected chi connectivity index (χ2v) is 2.22. The Bertz CT molecular complexity index is 36.5. The molecule has 6 heavy (non-hydrogen) atoms. The Morgan fingerprint density at radius 3 is 2.67 bits per heavy atom. The van der Waals surface area contributed by atoms with Gasteiger partial charge in [-0.2, -0.15) is 0 Å². The smallest absolute Gasteiger partial charge is 0.138 e. The summed E-state index contributed by atoms with van der Waals surface area (Å²) < 4.78 is 0. The zero-order valence-corrected chi connectivity index (χ0v) is 4.90. The lowest BCUT2D eigenvalue weighted by molar-refractivity contribution is 0.569. The summed E-state index contributed by atoms with van der Waals surface area (Å²) in [7, 11) is 0.534. The maximum absolute atomic E-state index is 9.58. The predicted molar refractivity (Wildman–Crippen MR) is 30.2 cm³/mol. The molecule has 1 unspecified atom stereocenters. The minimum atomic E-state index is 0.534. The first kappa shape index (κ1) is 6.10. The van der Waals surface area contributed by atoms with Crippen molar-refractivity contribution in [3.8, 4) is 0 Å². The third kappa shape index (κ3) is 4.10. The Labute approximate surface area is 39.9 Å². The van der Waals surface area contributed by atoms with Crippen molar-refractivity contribution >= 4 is 14.6 Å². The molecule has 0 fully saturated rings. The van der Waals surface area contributed by atoms with E-state index in [-0.39, 0.29) is 0 Å². The molecule has 0 saturated carbocycles. The lowest BCUT2D eigenvalue weighted by atomic mass is 10.6. The number of carbonyl (C=O) groups is 1. The molecule has 0 aromatic carbocycles. The minimum absolute atomic E-state index is 0.534. The Kier molecular flexibility index (Phi) is 5.18. The summed E-state index contributed by atoms with van der Waals surface area (Å²) in [4.78, 5) is 9.58. The first-order chi connectivity index (χ1) is 2.91. The Hall–Kier alpha value is 0.100. The van der Waals surface area contributed by atoms with Gasteiger partial charge in [0.2, 0.25) is 0 Å². The lowest BCUT2D eigenvalue weighted by Gasteiger charge is -1.79. The lowest BCUT2D eigenvalue weighted by Crippen LogP contribution is -1.65. The summed E-state index contributed by atoms with van der Waals surface area (Å²) in [6.45, 7) is 2.08. The topological polar surface area (TPSA) is 17.1 Å². The van der Waals surface area contributed by atoms with Gasteiger partial charge < -0.3 is 0 Å². The van der Waals surface area contributed by atoms with E-state index in [0.717, 1.165) is 18.6 Å². The average molecular weight is 104 g/mol. The standard InChI is InChI=1S/C4H9OP/c1-2-3-6-4-5/h4,6H,2-3H2,1H3. The van der Waals surface area contributed by atoms with Crippen molar-refractivity contribution in [2.45, 2.75) is 13.3 Å². The predicted octanol–water partition coefficient (Wildman–Crippen LogP) is 1.27. The zero-order valence-electron chi connectivity index (χ0n) is 3.90. The summed E-state index contributed by atoms with van der Waals surface area (Å²) in [6, 6.07) is 0.990. The Balaban J connectivity index is 2.49. The molecule has 0 amide bonds. The molecule has 0 rings (SSSR count). The van der Waals surface area contributed by atoms with Gasteiger partial charge in [-0.25, -0.2) is 0 Å². The number of hydrogen-bond acceptors (Lipinski definition) is 1. The number of rotatable bonds is 3. The molecular weight excluding hydrogens is 95.0 g/mol. The molecule has 1 nitrogen and oxygen atoms in total. The summed E-state index contributed by atoms with van der Waals surface area (Å²) >= 11 is 0. The van der Waals surface area contributed by atoms with E-state index in [1.54, 1.807) is 0 Å². The second-order valence-electron chi connectivity index (χ2n) is 1.07. The fourth-order valence-electron chi connectivity index (χ4n) is 0.203. The van der Waals surface area contributed by atoms with Crippen LogP contribution < -0.4 is 0 Å². The van der Waals surface area contributed by atoms with E-state index < -0.39 is 0 Å². The Morgan fingerprint density at radius 1 is 1.83 bits per heavy atom. The minimum Gasteiger partial charge on any atom is -0.299 e. The van der Waals surface area contributed by atoms with Gasteiger partial charge in [-0.3, -0.25) is 4.79 Å². The van der Waals surface area contributed by atoms with Crippen LogP contribution in [0.3, 0.4) is 0 Å². The van der Waals surface area contributed by atoms with Crippen LogP contribution in [0.1, 0.15) is 13.3 Å². The van der Waals surface area contributed by atoms with Crippen LogP contribution in [0.2, 0.25) is 0 Å². The molecule has 1 atom stereocenters. The van der Waals surface area contributed by atoms with E-state index in [9.17, 15) is 4.79 Å². The van der Waals surface area contributed by atoms with Crippen molar-refractivity contribution in [2.75, 3.05) is 6.16 Å². The molecule has 0 aliphatic heterocycles. The third-order valence-corrected chi connectivity index (χ3v) is 1.43. The van der Waals surface area contributed by atoms with Crippen molar-refractivity contribution in [3.63, 3.8) is 0 Å². The van der Waals surface area contributed by atoms with Gasteiger partial charge >= 0.3 is 0 Å². The van der Waals surface area contributed by atoms with Gasteiger partial charge in [-0.15, -0.1) is 0 Å². The largest absolute Gasteiger partial charge is 0.299 e. The van der Waals surface area contributed by atoms with E-state index in [0.29, 0.717) is 8.58 Å². The van der Waals surface area contributed by atoms with E-state index in [4.69, 9.17) is 0 Å². The Morgan fingerprint density at radius 2 is 2.50 bits per heavy atom. The van der Waals surface area contributed by atoms with Crippen LogP contribution in [0.15, 0.2) is 0 Å². The first-order valence-corrected chi connectivity index (χ1v) is 3.37. The highest BCUT2D eigenvalue weighted by Gasteiger charge is 1.74. The second kappa shape index (κ2) is 5.10. The van der Waals surface area contributed by atoms with Gasteiger partial charge in [-0.05, 0) is 6.16 Å². The molecule has 0 aromatic heterocycles. The van der Waals surface area contributed by atoms with Gasteiger partial charge in [0.25, 0.3) is 0 Å². The summed E-state index contributed by atoms with van der Waals surface area (Å²) in [6.07, 6.45) is 2.21. The maximum Gasteiger partial charge on any atom is 0.138 e. The monoisotopic (exact) mass is 104 g/mol. The van der Waals surface area contributed by atoms with Crippen LogP contribution in [-0.4, -0.2) is 12.2 Å². The van der Waals surface area contributed by atoms with E-state index >= 15 is 0 Å². The van der Waals surface area contributed by atoms with Crippen LogP contribution in [0.5, 0.6) is 0 Å². The van der Waals surface area contributed by atoms with Crippen molar-refractivity contribution in [1.82, 2.24) is 0 Å². The van der Waals surface area contributed by atoms with Crippen LogP contribution in [-0.2, 0) is 4.79 Å². The quantitative estimate of drug-likeness (QED) is 0.299. The normalized spacial score (nSPS) is 10.2. The summed E-state index contributed by atoms with van der Waals surface area (Å²) in [5.74, 6) is 0.